The summed E-state index contributed by atoms with van der Waals surface area (Å²) in [6.45, 7) is 1.73. The average Bonchev–Trinajstić information content (AvgIpc) is 2.77. The number of carbonyl (C=O) groups is 1. The fourth-order valence-corrected chi connectivity index (χ4v) is 2.33. The van der Waals surface area contributed by atoms with Crippen LogP contribution in [0.5, 0.6) is 0 Å². The van der Waals surface area contributed by atoms with E-state index in [0.717, 1.165) is 6.20 Å². The summed E-state index contributed by atoms with van der Waals surface area (Å²) >= 11 is 0. The first-order valence-electron chi connectivity index (χ1n) is 5.18. The van der Waals surface area contributed by atoms with Crippen LogP contribution in [0.3, 0.4) is 0 Å². The summed E-state index contributed by atoms with van der Waals surface area (Å²) in [6.07, 6.45) is 3.52. The number of rotatable bonds is 7. The lowest BCUT2D eigenvalue weighted by Gasteiger charge is -2.11. The van der Waals surface area contributed by atoms with E-state index in [9.17, 15) is 13.2 Å². The third kappa shape index (κ3) is 3.82. The molecule has 3 N–H and O–H groups in total. The van der Waals surface area contributed by atoms with E-state index >= 15 is 0 Å². The second kappa shape index (κ2) is 5.78. The van der Waals surface area contributed by atoms with Crippen LogP contribution in [-0.4, -0.2) is 36.2 Å². The molecule has 1 atom stereocenters. The molecule has 0 fully saturated rings. The molecular formula is C9H15N3O4S. The van der Waals surface area contributed by atoms with Crippen LogP contribution in [0.4, 0.5) is 0 Å². The van der Waals surface area contributed by atoms with Crippen LogP contribution in [0.2, 0.25) is 0 Å². The van der Waals surface area contributed by atoms with E-state index < -0.39 is 21.9 Å². The minimum atomic E-state index is -3.67. The van der Waals surface area contributed by atoms with Gasteiger partial charge in [0.15, 0.2) is 0 Å². The SMILES string of the molecule is CCCC(CNS(=O)(=O)c1cn[nH]c1)C(=O)O. The second-order valence-electron chi connectivity index (χ2n) is 3.61. The van der Waals surface area contributed by atoms with Gasteiger partial charge in [-0.05, 0) is 6.42 Å². The highest BCUT2D eigenvalue weighted by atomic mass is 32.2. The molecule has 0 aliphatic heterocycles. The number of nitrogens with one attached hydrogen (secondary N) is 2. The fourth-order valence-electron chi connectivity index (χ4n) is 1.34. The van der Waals surface area contributed by atoms with Gasteiger partial charge in [0.1, 0.15) is 4.90 Å². The van der Waals surface area contributed by atoms with E-state index in [1.54, 1.807) is 0 Å². The Morgan fingerprint density at radius 1 is 1.65 bits per heavy atom. The van der Waals surface area contributed by atoms with Crippen molar-refractivity contribution in [1.29, 1.82) is 0 Å². The molecule has 0 aliphatic carbocycles. The summed E-state index contributed by atoms with van der Waals surface area (Å²) in [5.41, 5.74) is 0. The highest BCUT2D eigenvalue weighted by Crippen LogP contribution is 2.09. The van der Waals surface area contributed by atoms with E-state index in [4.69, 9.17) is 5.11 Å². The zero-order valence-electron chi connectivity index (χ0n) is 9.38. The number of aromatic nitrogens is 2. The number of H-pyrrole nitrogens is 1. The number of hydrogen-bond donors (Lipinski definition) is 3. The van der Waals surface area contributed by atoms with Crippen LogP contribution in [0.15, 0.2) is 17.3 Å². The minimum absolute atomic E-state index is 0.00172. The Balaban J connectivity index is 2.63. The largest absolute Gasteiger partial charge is 0.481 e. The first kappa shape index (κ1) is 13.7. The first-order valence-corrected chi connectivity index (χ1v) is 6.67. The molecule has 17 heavy (non-hydrogen) atoms. The van der Waals surface area contributed by atoms with Crippen molar-refractivity contribution in [3.63, 3.8) is 0 Å². The predicted molar refractivity (Wildman–Crippen MR) is 59.8 cm³/mol. The summed E-state index contributed by atoms with van der Waals surface area (Å²) in [7, 11) is -3.67. The zero-order chi connectivity index (χ0) is 12.9. The summed E-state index contributed by atoms with van der Waals surface area (Å²) in [5, 5.41) is 14.8. The van der Waals surface area contributed by atoms with Crippen LogP contribution in [0.25, 0.3) is 0 Å². The molecule has 0 spiro atoms. The van der Waals surface area contributed by atoms with Gasteiger partial charge in [-0.25, -0.2) is 13.1 Å². The molecule has 1 heterocycles. The van der Waals surface area contributed by atoms with Gasteiger partial charge in [0.2, 0.25) is 10.0 Å². The number of aromatic amines is 1. The Hall–Kier alpha value is -1.41. The summed E-state index contributed by atoms with van der Waals surface area (Å²) in [5.74, 6) is -1.71. The molecular weight excluding hydrogens is 246 g/mol. The van der Waals surface area contributed by atoms with E-state index in [-0.39, 0.29) is 11.4 Å². The van der Waals surface area contributed by atoms with Crippen LogP contribution in [-0.2, 0) is 14.8 Å². The molecule has 8 heteroatoms. The van der Waals surface area contributed by atoms with Gasteiger partial charge < -0.3 is 5.11 Å². The molecule has 1 rings (SSSR count). The molecule has 1 aromatic heterocycles. The third-order valence-electron chi connectivity index (χ3n) is 2.29. The summed E-state index contributed by atoms with van der Waals surface area (Å²) in [6, 6.07) is 0. The lowest BCUT2D eigenvalue weighted by molar-refractivity contribution is -0.141. The van der Waals surface area contributed by atoms with E-state index in [1.807, 2.05) is 6.92 Å². The Bertz CT molecular complexity index is 455. The summed E-state index contributed by atoms with van der Waals surface area (Å²) in [4.78, 5) is 10.8. The maximum absolute atomic E-state index is 11.7. The first-order chi connectivity index (χ1) is 7.97. The van der Waals surface area contributed by atoms with Crippen LogP contribution in [0, 0.1) is 5.92 Å². The molecule has 0 bridgehead atoms. The monoisotopic (exact) mass is 261 g/mol. The standard InChI is InChI=1S/C9H15N3O4S/c1-2-3-7(9(13)14)4-12-17(15,16)8-5-10-11-6-8/h5-7,12H,2-4H2,1H3,(H,10,11)(H,13,14). The number of carboxylic acid groups (broad SMARTS) is 1. The van der Waals surface area contributed by atoms with Crippen molar-refractivity contribution in [3.8, 4) is 0 Å². The Morgan fingerprint density at radius 2 is 2.35 bits per heavy atom. The third-order valence-corrected chi connectivity index (χ3v) is 3.68. The molecule has 0 saturated heterocycles. The Morgan fingerprint density at radius 3 is 2.82 bits per heavy atom. The minimum Gasteiger partial charge on any atom is -0.481 e. The normalized spacial score (nSPS) is 13.5. The molecule has 1 unspecified atom stereocenters. The number of sulfonamides is 1. The molecule has 0 aliphatic rings. The molecule has 0 radical (unpaired) electrons. The fraction of sp³-hybridized carbons (Fsp3) is 0.556. The quantitative estimate of drug-likeness (QED) is 0.648. The summed E-state index contributed by atoms with van der Waals surface area (Å²) < 4.78 is 25.6. The van der Waals surface area contributed by atoms with Gasteiger partial charge in [-0.1, -0.05) is 13.3 Å². The van der Waals surface area contributed by atoms with Crippen molar-refractivity contribution < 1.29 is 18.3 Å². The van der Waals surface area contributed by atoms with Crippen molar-refractivity contribution in [2.75, 3.05) is 6.54 Å². The van der Waals surface area contributed by atoms with Crippen LogP contribution in [0.1, 0.15) is 19.8 Å². The van der Waals surface area contributed by atoms with E-state index in [0.29, 0.717) is 12.8 Å². The van der Waals surface area contributed by atoms with Crippen molar-refractivity contribution in [1.82, 2.24) is 14.9 Å². The predicted octanol–water partition coefficient (Wildman–Crippen LogP) is 0.189. The van der Waals surface area contributed by atoms with Gasteiger partial charge in [0.05, 0.1) is 12.1 Å². The second-order valence-corrected chi connectivity index (χ2v) is 5.38. The molecule has 7 nitrogen and oxygen atoms in total. The Kier molecular flexibility index (Phi) is 4.64. The highest BCUT2D eigenvalue weighted by molar-refractivity contribution is 7.89. The van der Waals surface area contributed by atoms with Gasteiger partial charge in [0, 0.05) is 12.7 Å². The van der Waals surface area contributed by atoms with Gasteiger partial charge >= 0.3 is 5.97 Å². The van der Waals surface area contributed by atoms with Crippen molar-refractivity contribution >= 4 is 16.0 Å². The number of aliphatic carboxylic acids is 1. The molecule has 1 aromatic rings. The van der Waals surface area contributed by atoms with E-state index in [2.05, 4.69) is 14.9 Å². The molecule has 96 valence electrons. The van der Waals surface area contributed by atoms with Crippen LogP contribution >= 0.6 is 0 Å². The highest BCUT2D eigenvalue weighted by Gasteiger charge is 2.21. The molecule has 0 aromatic carbocycles. The number of hydrogen-bond acceptors (Lipinski definition) is 4. The smallest absolute Gasteiger partial charge is 0.307 e. The lowest BCUT2D eigenvalue weighted by Crippen LogP contribution is -2.32. The average molecular weight is 261 g/mol. The molecule has 0 amide bonds. The van der Waals surface area contributed by atoms with Crippen molar-refractivity contribution in [3.05, 3.63) is 12.4 Å². The van der Waals surface area contributed by atoms with Gasteiger partial charge in [-0.2, -0.15) is 5.10 Å². The number of nitrogens with zero attached hydrogens (tertiary/aromatic N) is 1. The van der Waals surface area contributed by atoms with Gasteiger partial charge in [-0.3, -0.25) is 9.89 Å². The van der Waals surface area contributed by atoms with Crippen LogP contribution < -0.4 is 4.72 Å². The molecule has 0 saturated carbocycles. The topological polar surface area (TPSA) is 112 Å². The lowest BCUT2D eigenvalue weighted by atomic mass is 10.1. The van der Waals surface area contributed by atoms with Crippen molar-refractivity contribution in [2.24, 2.45) is 5.92 Å². The zero-order valence-corrected chi connectivity index (χ0v) is 10.2. The van der Waals surface area contributed by atoms with Crippen molar-refractivity contribution in [2.45, 2.75) is 24.7 Å². The number of carboxylic acids is 1. The maximum Gasteiger partial charge on any atom is 0.307 e. The van der Waals surface area contributed by atoms with Gasteiger partial charge in [-0.15, -0.1) is 0 Å². The maximum atomic E-state index is 11.7. The Labute approximate surface area is 99.3 Å². The van der Waals surface area contributed by atoms with Gasteiger partial charge in [0.25, 0.3) is 0 Å². The van der Waals surface area contributed by atoms with E-state index in [1.165, 1.54) is 6.20 Å².